The maximum absolute atomic E-state index is 3.68. The molecule has 0 saturated heterocycles. The van der Waals surface area contributed by atoms with Gasteiger partial charge in [0.2, 0.25) is 0 Å². The quantitative estimate of drug-likeness (QED) is 0.0647. The van der Waals surface area contributed by atoms with Gasteiger partial charge in [-0.05, 0) is 25.9 Å². The van der Waals surface area contributed by atoms with Crippen molar-refractivity contribution in [3.8, 4) is 0 Å². The van der Waals surface area contributed by atoms with E-state index in [1.54, 1.807) is 0 Å². The molecular formula is C36H75LiN+. The van der Waals surface area contributed by atoms with Crippen LogP contribution >= 0.6 is 0 Å². The molecule has 38 heavy (non-hydrogen) atoms. The molecular weight excluding hydrogens is 453 g/mol. The maximum Gasteiger partial charge on any atom is 1.00 e. The molecule has 0 aromatic heterocycles. The van der Waals surface area contributed by atoms with Crippen LogP contribution in [0.5, 0.6) is 0 Å². The molecule has 0 aliphatic heterocycles. The maximum atomic E-state index is 3.68. The predicted molar refractivity (Wildman–Crippen MR) is 172 cm³/mol. The van der Waals surface area contributed by atoms with Gasteiger partial charge in [-0.2, -0.15) is 0 Å². The Labute approximate surface area is 255 Å². The molecule has 0 amide bonds. The van der Waals surface area contributed by atoms with Crippen molar-refractivity contribution >= 4 is 0 Å². The SMILES string of the molecule is CCCCCCCCCCCCCCCCCCNCCCCCCCCCCCCCCCCCC.[Li+]. The van der Waals surface area contributed by atoms with Crippen LogP contribution in [0.4, 0.5) is 0 Å². The fraction of sp³-hybridized carbons (Fsp3) is 1.00. The largest absolute Gasteiger partial charge is 1.00 e. The van der Waals surface area contributed by atoms with Gasteiger partial charge >= 0.3 is 18.9 Å². The standard InChI is InChI=1S/C36H75N.Li/c1-3-5-7-9-11-13-15-17-19-21-23-25-27-29-31-33-35-37-36-34-32-30-28-26-24-22-20-18-16-14-12-10-8-6-4-2;/h37H,3-36H2,1-2H3;/q;+1. The van der Waals surface area contributed by atoms with Gasteiger partial charge in [0, 0.05) is 0 Å². The second kappa shape index (κ2) is 39.7. The van der Waals surface area contributed by atoms with E-state index in [1.165, 1.54) is 219 Å². The Morgan fingerprint density at radius 2 is 0.395 bits per heavy atom. The molecule has 0 rings (SSSR count). The van der Waals surface area contributed by atoms with Crippen molar-refractivity contribution in [1.82, 2.24) is 5.32 Å². The van der Waals surface area contributed by atoms with Gasteiger partial charge in [0.05, 0.1) is 0 Å². The summed E-state index contributed by atoms with van der Waals surface area (Å²) >= 11 is 0. The Morgan fingerprint density at radius 1 is 0.237 bits per heavy atom. The first-order chi connectivity index (χ1) is 18.4. The van der Waals surface area contributed by atoms with Gasteiger partial charge in [0.25, 0.3) is 0 Å². The van der Waals surface area contributed by atoms with Crippen molar-refractivity contribution in [2.75, 3.05) is 13.1 Å². The first-order valence-corrected chi connectivity index (χ1v) is 18.1. The Balaban J connectivity index is 0. The summed E-state index contributed by atoms with van der Waals surface area (Å²) in [4.78, 5) is 0. The van der Waals surface area contributed by atoms with Crippen LogP contribution in [0.1, 0.15) is 219 Å². The average molecular weight is 529 g/mol. The molecule has 224 valence electrons. The van der Waals surface area contributed by atoms with Gasteiger partial charge < -0.3 is 5.32 Å². The zero-order valence-electron chi connectivity index (χ0n) is 27.5. The van der Waals surface area contributed by atoms with Gasteiger partial charge in [0.1, 0.15) is 0 Å². The topological polar surface area (TPSA) is 12.0 Å². The van der Waals surface area contributed by atoms with Crippen molar-refractivity contribution in [2.45, 2.75) is 219 Å². The Morgan fingerprint density at radius 3 is 0.579 bits per heavy atom. The van der Waals surface area contributed by atoms with E-state index in [0.29, 0.717) is 0 Å². The van der Waals surface area contributed by atoms with E-state index in [-0.39, 0.29) is 18.9 Å². The Hall–Kier alpha value is 0.557. The molecule has 0 bridgehead atoms. The molecule has 1 N–H and O–H groups in total. The molecule has 0 aliphatic rings. The van der Waals surface area contributed by atoms with Gasteiger partial charge in [-0.25, -0.2) is 0 Å². The summed E-state index contributed by atoms with van der Waals surface area (Å²) in [5, 5.41) is 3.68. The molecule has 0 aliphatic carbocycles. The second-order valence-corrected chi connectivity index (χ2v) is 12.4. The molecule has 0 aromatic carbocycles. The molecule has 2 heteroatoms. The van der Waals surface area contributed by atoms with Gasteiger partial charge in [-0.3, -0.25) is 0 Å². The molecule has 0 saturated carbocycles. The fourth-order valence-corrected chi connectivity index (χ4v) is 5.72. The van der Waals surface area contributed by atoms with E-state index < -0.39 is 0 Å². The zero-order valence-corrected chi connectivity index (χ0v) is 27.5. The van der Waals surface area contributed by atoms with Crippen LogP contribution in [-0.2, 0) is 0 Å². The number of unbranched alkanes of at least 4 members (excludes halogenated alkanes) is 30. The smallest absolute Gasteiger partial charge is 0.317 e. The van der Waals surface area contributed by atoms with E-state index in [4.69, 9.17) is 0 Å². The van der Waals surface area contributed by atoms with Gasteiger partial charge in [0.15, 0.2) is 0 Å². The summed E-state index contributed by atoms with van der Waals surface area (Å²) < 4.78 is 0. The molecule has 0 unspecified atom stereocenters. The van der Waals surface area contributed by atoms with Crippen LogP contribution in [0.25, 0.3) is 0 Å². The molecule has 0 atom stereocenters. The van der Waals surface area contributed by atoms with Crippen LogP contribution < -0.4 is 24.2 Å². The number of rotatable bonds is 34. The average Bonchev–Trinajstić information content (AvgIpc) is 2.91. The first kappa shape index (κ1) is 40.7. The van der Waals surface area contributed by atoms with Crippen molar-refractivity contribution in [1.29, 1.82) is 0 Å². The summed E-state index contributed by atoms with van der Waals surface area (Å²) in [6, 6.07) is 0. The molecule has 0 fully saturated rings. The molecule has 0 spiro atoms. The molecule has 0 radical (unpaired) electrons. The van der Waals surface area contributed by atoms with Crippen molar-refractivity contribution < 1.29 is 18.9 Å². The van der Waals surface area contributed by atoms with Gasteiger partial charge in [-0.1, -0.05) is 206 Å². The number of hydrogen-bond acceptors (Lipinski definition) is 1. The monoisotopic (exact) mass is 529 g/mol. The molecule has 1 nitrogen and oxygen atoms in total. The minimum atomic E-state index is 0. The third-order valence-corrected chi connectivity index (χ3v) is 8.41. The Kier molecular flexibility index (Phi) is 42.5. The van der Waals surface area contributed by atoms with Gasteiger partial charge in [-0.15, -0.1) is 0 Å². The predicted octanol–water partition coefficient (Wildman–Crippen LogP) is 10.1. The zero-order chi connectivity index (χ0) is 26.7. The second-order valence-electron chi connectivity index (χ2n) is 12.4. The number of nitrogens with one attached hydrogen (secondary N) is 1. The van der Waals surface area contributed by atoms with Crippen molar-refractivity contribution in [3.05, 3.63) is 0 Å². The minimum absolute atomic E-state index is 0. The van der Waals surface area contributed by atoms with E-state index in [9.17, 15) is 0 Å². The van der Waals surface area contributed by atoms with Crippen LogP contribution in [0, 0.1) is 0 Å². The summed E-state index contributed by atoms with van der Waals surface area (Å²) in [6.45, 7) is 7.11. The first-order valence-electron chi connectivity index (χ1n) is 18.1. The van der Waals surface area contributed by atoms with E-state index in [2.05, 4.69) is 19.2 Å². The normalized spacial score (nSPS) is 11.2. The van der Waals surface area contributed by atoms with Crippen LogP contribution in [0.3, 0.4) is 0 Å². The van der Waals surface area contributed by atoms with E-state index in [0.717, 1.165) is 0 Å². The summed E-state index contributed by atoms with van der Waals surface area (Å²) in [7, 11) is 0. The van der Waals surface area contributed by atoms with Crippen molar-refractivity contribution in [3.63, 3.8) is 0 Å². The summed E-state index contributed by atoms with van der Waals surface area (Å²) in [5.74, 6) is 0. The minimum Gasteiger partial charge on any atom is -0.317 e. The molecule has 0 heterocycles. The van der Waals surface area contributed by atoms with E-state index >= 15 is 0 Å². The Bertz CT molecular complexity index is 338. The summed E-state index contributed by atoms with van der Waals surface area (Å²) in [6.07, 6.45) is 46.7. The summed E-state index contributed by atoms with van der Waals surface area (Å²) in [5.41, 5.74) is 0. The van der Waals surface area contributed by atoms with Crippen LogP contribution in [0.2, 0.25) is 0 Å². The fourth-order valence-electron chi connectivity index (χ4n) is 5.72. The third-order valence-electron chi connectivity index (χ3n) is 8.41. The van der Waals surface area contributed by atoms with Crippen molar-refractivity contribution in [2.24, 2.45) is 0 Å². The van der Waals surface area contributed by atoms with Crippen LogP contribution in [0.15, 0.2) is 0 Å². The van der Waals surface area contributed by atoms with E-state index in [1.807, 2.05) is 0 Å². The molecule has 0 aromatic rings. The number of hydrogen-bond donors (Lipinski definition) is 1. The van der Waals surface area contributed by atoms with Crippen LogP contribution in [-0.4, -0.2) is 13.1 Å². The third kappa shape index (κ3) is 38.7.